The third-order valence-electron chi connectivity index (χ3n) is 4.12. The third kappa shape index (κ3) is 3.03. The Morgan fingerprint density at radius 1 is 1.00 bits per heavy atom. The van der Waals surface area contributed by atoms with Crippen LogP contribution in [0.3, 0.4) is 0 Å². The predicted molar refractivity (Wildman–Crippen MR) is 88.6 cm³/mol. The van der Waals surface area contributed by atoms with E-state index in [1.165, 1.54) is 16.7 Å². The van der Waals surface area contributed by atoms with Crippen molar-refractivity contribution in [3.8, 4) is 5.75 Å². The molecular weight excluding hydrogens is 274 g/mol. The molecule has 0 aromatic heterocycles. The van der Waals surface area contributed by atoms with Crippen molar-refractivity contribution in [1.82, 2.24) is 0 Å². The van der Waals surface area contributed by atoms with Gasteiger partial charge in [0.2, 0.25) is 0 Å². The van der Waals surface area contributed by atoms with E-state index in [1.54, 1.807) is 7.11 Å². The van der Waals surface area contributed by atoms with Crippen LogP contribution in [0.5, 0.6) is 5.75 Å². The molecule has 0 amide bonds. The van der Waals surface area contributed by atoms with Gasteiger partial charge in [-0.05, 0) is 47.2 Å². The molecule has 112 valence electrons. The SMILES string of the molecule is COc1ccc(C2CC(c3ccccc3)=C/C(=N\O)C2)cc1. The van der Waals surface area contributed by atoms with Gasteiger partial charge in [-0.1, -0.05) is 47.6 Å². The smallest absolute Gasteiger partial charge is 0.118 e. The second-order valence-electron chi connectivity index (χ2n) is 5.51. The van der Waals surface area contributed by atoms with Gasteiger partial charge in [-0.3, -0.25) is 0 Å². The minimum atomic E-state index is 0.317. The van der Waals surface area contributed by atoms with Gasteiger partial charge in [0, 0.05) is 6.42 Å². The highest BCUT2D eigenvalue weighted by atomic mass is 16.5. The van der Waals surface area contributed by atoms with Crippen LogP contribution >= 0.6 is 0 Å². The summed E-state index contributed by atoms with van der Waals surface area (Å²) in [6.07, 6.45) is 3.68. The Morgan fingerprint density at radius 3 is 2.36 bits per heavy atom. The molecule has 1 atom stereocenters. The van der Waals surface area contributed by atoms with Crippen LogP contribution in [-0.4, -0.2) is 18.0 Å². The van der Waals surface area contributed by atoms with Gasteiger partial charge >= 0.3 is 0 Å². The summed E-state index contributed by atoms with van der Waals surface area (Å²) in [6.45, 7) is 0. The van der Waals surface area contributed by atoms with Crippen molar-refractivity contribution in [2.75, 3.05) is 7.11 Å². The lowest BCUT2D eigenvalue weighted by molar-refractivity contribution is 0.317. The van der Waals surface area contributed by atoms with Gasteiger partial charge in [-0.25, -0.2) is 0 Å². The summed E-state index contributed by atoms with van der Waals surface area (Å²) < 4.78 is 5.21. The van der Waals surface area contributed by atoms with E-state index in [4.69, 9.17) is 4.74 Å². The van der Waals surface area contributed by atoms with Crippen LogP contribution < -0.4 is 4.74 Å². The molecule has 0 heterocycles. The van der Waals surface area contributed by atoms with Crippen molar-refractivity contribution in [2.45, 2.75) is 18.8 Å². The molecule has 1 N–H and O–H groups in total. The lowest BCUT2D eigenvalue weighted by Crippen LogP contribution is -2.12. The van der Waals surface area contributed by atoms with E-state index in [1.807, 2.05) is 36.4 Å². The molecule has 3 rings (SSSR count). The summed E-state index contributed by atoms with van der Waals surface area (Å²) in [6, 6.07) is 18.4. The summed E-state index contributed by atoms with van der Waals surface area (Å²) in [4.78, 5) is 0. The van der Waals surface area contributed by atoms with Gasteiger partial charge in [-0.2, -0.15) is 0 Å². The number of methoxy groups -OCH3 is 1. The summed E-state index contributed by atoms with van der Waals surface area (Å²) in [5.74, 6) is 1.17. The van der Waals surface area contributed by atoms with Crippen molar-refractivity contribution < 1.29 is 9.94 Å². The summed E-state index contributed by atoms with van der Waals surface area (Å²) in [5, 5.41) is 12.7. The molecule has 3 heteroatoms. The average molecular weight is 293 g/mol. The van der Waals surface area contributed by atoms with Crippen LogP contribution in [0.4, 0.5) is 0 Å². The fraction of sp³-hybridized carbons (Fsp3) is 0.211. The number of allylic oxidation sites excluding steroid dienone is 2. The largest absolute Gasteiger partial charge is 0.497 e. The van der Waals surface area contributed by atoms with Crippen LogP contribution in [0.15, 0.2) is 65.8 Å². The lowest BCUT2D eigenvalue weighted by atomic mass is 9.81. The molecule has 1 aliphatic carbocycles. The second-order valence-corrected chi connectivity index (χ2v) is 5.51. The fourth-order valence-electron chi connectivity index (χ4n) is 2.94. The van der Waals surface area contributed by atoms with E-state index in [0.717, 1.165) is 24.3 Å². The molecule has 0 saturated heterocycles. The maximum absolute atomic E-state index is 9.23. The first-order valence-electron chi connectivity index (χ1n) is 7.41. The summed E-state index contributed by atoms with van der Waals surface area (Å²) in [7, 11) is 1.67. The number of nitrogens with zero attached hydrogens (tertiary/aromatic N) is 1. The highest BCUT2D eigenvalue weighted by molar-refractivity contribution is 6.02. The standard InChI is InChI=1S/C19H19NO2/c1-22-19-9-7-15(8-10-19)17-11-16(12-18(13-17)20-21)14-5-3-2-4-6-14/h2-10,12,17,21H,11,13H2,1H3/b20-18+. The number of hydrogen-bond donors (Lipinski definition) is 1. The van der Waals surface area contributed by atoms with E-state index >= 15 is 0 Å². The molecule has 1 unspecified atom stereocenters. The Hall–Kier alpha value is -2.55. The van der Waals surface area contributed by atoms with Gasteiger partial charge < -0.3 is 9.94 Å². The van der Waals surface area contributed by atoms with Crippen molar-refractivity contribution in [1.29, 1.82) is 0 Å². The first-order valence-corrected chi connectivity index (χ1v) is 7.41. The Labute approximate surface area is 130 Å². The minimum Gasteiger partial charge on any atom is -0.497 e. The van der Waals surface area contributed by atoms with Crippen LogP contribution in [0, 0.1) is 0 Å². The van der Waals surface area contributed by atoms with Gasteiger partial charge in [-0.15, -0.1) is 0 Å². The van der Waals surface area contributed by atoms with Crippen molar-refractivity contribution in [3.63, 3.8) is 0 Å². The third-order valence-corrected chi connectivity index (χ3v) is 4.12. The highest BCUT2D eigenvalue weighted by Gasteiger charge is 2.22. The number of benzene rings is 2. The molecule has 2 aromatic rings. The number of ether oxygens (including phenoxy) is 1. The van der Waals surface area contributed by atoms with E-state index in [0.29, 0.717) is 5.92 Å². The van der Waals surface area contributed by atoms with Crippen LogP contribution in [0.1, 0.15) is 29.9 Å². The van der Waals surface area contributed by atoms with Gasteiger partial charge in [0.25, 0.3) is 0 Å². The first-order chi connectivity index (χ1) is 10.8. The molecule has 3 nitrogen and oxygen atoms in total. The number of rotatable bonds is 3. The molecule has 0 saturated carbocycles. The molecular formula is C19H19NO2. The van der Waals surface area contributed by atoms with Crippen molar-refractivity contribution in [2.24, 2.45) is 5.16 Å². The van der Waals surface area contributed by atoms with E-state index in [2.05, 4.69) is 29.4 Å². The highest BCUT2D eigenvalue weighted by Crippen LogP contribution is 2.36. The topological polar surface area (TPSA) is 41.8 Å². The molecule has 0 spiro atoms. The molecule has 22 heavy (non-hydrogen) atoms. The maximum Gasteiger partial charge on any atom is 0.118 e. The zero-order valence-corrected chi connectivity index (χ0v) is 12.6. The molecule has 0 aliphatic heterocycles. The lowest BCUT2D eigenvalue weighted by Gasteiger charge is -2.24. The quantitative estimate of drug-likeness (QED) is 0.669. The Balaban J connectivity index is 1.90. The summed E-state index contributed by atoms with van der Waals surface area (Å²) >= 11 is 0. The zero-order chi connectivity index (χ0) is 15.4. The Morgan fingerprint density at radius 2 is 1.73 bits per heavy atom. The molecule has 1 aliphatic rings. The molecule has 2 aromatic carbocycles. The Bertz CT molecular complexity index is 687. The second kappa shape index (κ2) is 6.48. The van der Waals surface area contributed by atoms with Gasteiger partial charge in [0.15, 0.2) is 0 Å². The Kier molecular flexibility index (Phi) is 4.24. The van der Waals surface area contributed by atoms with E-state index in [9.17, 15) is 5.21 Å². The van der Waals surface area contributed by atoms with Gasteiger partial charge in [0.05, 0.1) is 12.8 Å². The number of oxime groups is 1. The monoisotopic (exact) mass is 293 g/mol. The fourth-order valence-corrected chi connectivity index (χ4v) is 2.94. The van der Waals surface area contributed by atoms with E-state index < -0.39 is 0 Å². The molecule has 0 radical (unpaired) electrons. The first kappa shape index (κ1) is 14.4. The maximum atomic E-state index is 9.23. The van der Waals surface area contributed by atoms with Gasteiger partial charge in [0.1, 0.15) is 5.75 Å². The van der Waals surface area contributed by atoms with Crippen molar-refractivity contribution >= 4 is 11.3 Å². The van der Waals surface area contributed by atoms with E-state index in [-0.39, 0.29) is 0 Å². The normalized spacial score (nSPS) is 19.8. The van der Waals surface area contributed by atoms with Crippen LogP contribution in [0.2, 0.25) is 0 Å². The number of hydrogen-bond acceptors (Lipinski definition) is 3. The summed E-state index contributed by atoms with van der Waals surface area (Å²) in [5.41, 5.74) is 4.36. The van der Waals surface area contributed by atoms with Crippen LogP contribution in [-0.2, 0) is 0 Å². The molecule has 0 bridgehead atoms. The predicted octanol–water partition coefficient (Wildman–Crippen LogP) is 4.49. The molecule has 0 fully saturated rings. The van der Waals surface area contributed by atoms with Crippen molar-refractivity contribution in [3.05, 3.63) is 71.8 Å². The minimum absolute atomic E-state index is 0.317. The van der Waals surface area contributed by atoms with Crippen LogP contribution in [0.25, 0.3) is 5.57 Å². The zero-order valence-electron chi connectivity index (χ0n) is 12.6. The average Bonchev–Trinajstić information content (AvgIpc) is 2.62.